The molecular weight excluding hydrogens is 436 g/mol. The Morgan fingerprint density at radius 3 is 2.09 bits per heavy atom. The van der Waals surface area contributed by atoms with Gasteiger partial charge in [-0.2, -0.15) is 0 Å². The molecule has 176 valence electrons. The minimum absolute atomic E-state index is 0.208. The molecule has 2 amide bonds. The van der Waals surface area contributed by atoms with Gasteiger partial charge in [-0.25, -0.2) is 4.79 Å². The van der Waals surface area contributed by atoms with Crippen molar-refractivity contribution in [3.63, 3.8) is 0 Å². The van der Waals surface area contributed by atoms with Gasteiger partial charge in [-0.05, 0) is 60.5 Å². The van der Waals surface area contributed by atoms with Crippen molar-refractivity contribution in [3.05, 3.63) is 83.9 Å². The number of amides is 2. The molecule has 0 radical (unpaired) electrons. The maximum Gasteiger partial charge on any atom is 0.338 e. The Bertz CT molecular complexity index is 1140. The van der Waals surface area contributed by atoms with Gasteiger partial charge in [0.1, 0.15) is 11.5 Å². The smallest absolute Gasteiger partial charge is 0.338 e. The van der Waals surface area contributed by atoms with Crippen LogP contribution in [-0.2, 0) is 20.7 Å². The molecule has 0 bridgehead atoms. The largest absolute Gasteiger partial charge is 0.497 e. The number of hydrogen-bond acceptors (Lipinski definition) is 6. The van der Waals surface area contributed by atoms with Crippen LogP contribution in [0, 0.1) is 0 Å². The van der Waals surface area contributed by atoms with Gasteiger partial charge in [0.05, 0.1) is 12.7 Å². The molecule has 0 aliphatic carbocycles. The van der Waals surface area contributed by atoms with E-state index in [2.05, 4.69) is 10.6 Å². The van der Waals surface area contributed by atoms with Crippen LogP contribution >= 0.6 is 0 Å². The number of nitrogens with one attached hydrogen (secondary N) is 2. The van der Waals surface area contributed by atoms with Crippen molar-refractivity contribution in [2.75, 3.05) is 31.0 Å². The summed E-state index contributed by atoms with van der Waals surface area (Å²) in [5.41, 5.74) is 2.59. The molecule has 0 saturated heterocycles. The minimum atomic E-state index is -0.639. The van der Waals surface area contributed by atoms with Crippen molar-refractivity contribution < 1.29 is 28.6 Å². The van der Waals surface area contributed by atoms with Crippen LogP contribution in [0.1, 0.15) is 22.8 Å². The molecule has 0 aliphatic heterocycles. The van der Waals surface area contributed by atoms with Gasteiger partial charge < -0.3 is 24.8 Å². The first kappa shape index (κ1) is 24.3. The van der Waals surface area contributed by atoms with Crippen LogP contribution in [0.3, 0.4) is 0 Å². The maximum atomic E-state index is 12.2. The maximum absolute atomic E-state index is 12.2. The third kappa shape index (κ3) is 7.37. The summed E-state index contributed by atoms with van der Waals surface area (Å²) in [6.07, 6.45) is 0.853. The molecule has 3 aromatic carbocycles. The van der Waals surface area contributed by atoms with Gasteiger partial charge >= 0.3 is 5.97 Å². The van der Waals surface area contributed by atoms with Crippen LogP contribution in [0.15, 0.2) is 72.8 Å². The van der Waals surface area contributed by atoms with Gasteiger partial charge in [0, 0.05) is 17.4 Å². The third-order valence-corrected chi connectivity index (χ3v) is 4.77. The van der Waals surface area contributed by atoms with Gasteiger partial charge in [0.15, 0.2) is 13.2 Å². The van der Waals surface area contributed by atoms with Gasteiger partial charge in [0.25, 0.3) is 11.8 Å². The van der Waals surface area contributed by atoms with Crippen LogP contribution in [0.25, 0.3) is 0 Å². The Morgan fingerprint density at radius 2 is 1.41 bits per heavy atom. The van der Waals surface area contributed by atoms with E-state index in [0.717, 1.165) is 12.0 Å². The zero-order valence-corrected chi connectivity index (χ0v) is 19.0. The second-order valence-corrected chi connectivity index (χ2v) is 7.27. The molecular formula is C26H26N2O6. The van der Waals surface area contributed by atoms with Crippen LogP contribution in [-0.4, -0.2) is 38.1 Å². The number of aryl methyl sites for hydroxylation is 1. The van der Waals surface area contributed by atoms with Crippen molar-refractivity contribution >= 4 is 29.2 Å². The first-order chi connectivity index (χ1) is 16.5. The summed E-state index contributed by atoms with van der Waals surface area (Å²) in [5, 5.41) is 5.41. The Kier molecular flexibility index (Phi) is 8.62. The molecule has 0 fully saturated rings. The van der Waals surface area contributed by atoms with Gasteiger partial charge in [-0.3, -0.25) is 9.59 Å². The Balaban J connectivity index is 1.43. The molecule has 0 atom stereocenters. The molecule has 8 heteroatoms. The molecule has 0 heterocycles. The van der Waals surface area contributed by atoms with E-state index in [4.69, 9.17) is 14.2 Å². The first-order valence-corrected chi connectivity index (χ1v) is 10.7. The number of anilines is 2. The second kappa shape index (κ2) is 12.1. The Hall–Kier alpha value is -4.33. The lowest BCUT2D eigenvalue weighted by Gasteiger charge is -2.09. The molecule has 2 N–H and O–H groups in total. The summed E-state index contributed by atoms with van der Waals surface area (Å²) in [6, 6.07) is 20.5. The van der Waals surface area contributed by atoms with Crippen LogP contribution in [0.4, 0.5) is 11.4 Å². The molecule has 0 unspecified atom stereocenters. The van der Waals surface area contributed by atoms with Gasteiger partial charge in [-0.15, -0.1) is 0 Å². The lowest BCUT2D eigenvalue weighted by molar-refractivity contribution is -0.119. The highest BCUT2D eigenvalue weighted by atomic mass is 16.5. The van der Waals surface area contributed by atoms with E-state index in [-0.39, 0.29) is 18.1 Å². The molecule has 0 saturated carbocycles. The van der Waals surface area contributed by atoms with Crippen molar-refractivity contribution in [2.45, 2.75) is 13.3 Å². The summed E-state index contributed by atoms with van der Waals surface area (Å²) in [4.78, 5) is 36.4. The third-order valence-electron chi connectivity index (χ3n) is 4.77. The lowest BCUT2D eigenvalue weighted by atomic mass is 10.1. The van der Waals surface area contributed by atoms with Crippen molar-refractivity contribution in [3.8, 4) is 11.5 Å². The highest BCUT2D eigenvalue weighted by Crippen LogP contribution is 2.17. The summed E-state index contributed by atoms with van der Waals surface area (Å²) in [5.74, 6) is -0.370. The summed E-state index contributed by atoms with van der Waals surface area (Å²) in [6.45, 7) is 1.41. The number of esters is 1. The lowest BCUT2D eigenvalue weighted by Crippen LogP contribution is -2.21. The Labute approximate surface area is 197 Å². The number of hydrogen-bond donors (Lipinski definition) is 2. The number of methoxy groups -OCH3 is 1. The number of benzene rings is 3. The molecule has 34 heavy (non-hydrogen) atoms. The number of rotatable bonds is 10. The molecule has 0 aliphatic rings. The van der Waals surface area contributed by atoms with E-state index < -0.39 is 18.5 Å². The predicted molar refractivity (Wildman–Crippen MR) is 128 cm³/mol. The van der Waals surface area contributed by atoms with Gasteiger partial charge in [-0.1, -0.05) is 25.1 Å². The van der Waals surface area contributed by atoms with E-state index in [1.807, 2.05) is 25.1 Å². The summed E-state index contributed by atoms with van der Waals surface area (Å²) >= 11 is 0. The van der Waals surface area contributed by atoms with E-state index in [1.54, 1.807) is 49.6 Å². The van der Waals surface area contributed by atoms with Crippen molar-refractivity contribution in [2.24, 2.45) is 0 Å². The topological polar surface area (TPSA) is 103 Å². The standard InChI is InChI=1S/C26H26N2O6/c1-3-18-6-4-7-20(14-18)27-25(30)17-34-26(31)19-10-12-22(13-11-19)33-16-24(29)28-21-8-5-9-23(15-21)32-2/h4-15H,3,16-17H2,1-2H3,(H,27,30)(H,28,29). The van der Waals surface area contributed by atoms with Crippen LogP contribution in [0.2, 0.25) is 0 Å². The highest BCUT2D eigenvalue weighted by molar-refractivity contribution is 5.95. The second-order valence-electron chi connectivity index (χ2n) is 7.27. The monoisotopic (exact) mass is 462 g/mol. The van der Waals surface area contributed by atoms with E-state index in [0.29, 0.717) is 22.9 Å². The fraction of sp³-hybridized carbons (Fsp3) is 0.192. The first-order valence-electron chi connectivity index (χ1n) is 10.7. The predicted octanol–water partition coefficient (Wildman–Crippen LogP) is 4.07. The average Bonchev–Trinajstić information content (AvgIpc) is 2.86. The molecule has 3 rings (SSSR count). The number of carbonyl (C=O) groups is 3. The number of ether oxygens (including phenoxy) is 3. The van der Waals surface area contributed by atoms with E-state index in [1.165, 1.54) is 12.1 Å². The molecule has 0 aromatic heterocycles. The molecule has 3 aromatic rings. The minimum Gasteiger partial charge on any atom is -0.497 e. The average molecular weight is 463 g/mol. The zero-order chi connectivity index (χ0) is 24.3. The SMILES string of the molecule is CCc1cccc(NC(=O)COC(=O)c2ccc(OCC(=O)Nc3cccc(OC)c3)cc2)c1. The van der Waals surface area contributed by atoms with Crippen molar-refractivity contribution in [1.29, 1.82) is 0 Å². The zero-order valence-electron chi connectivity index (χ0n) is 19.0. The summed E-state index contributed by atoms with van der Waals surface area (Å²) < 4.78 is 15.7. The van der Waals surface area contributed by atoms with E-state index in [9.17, 15) is 14.4 Å². The van der Waals surface area contributed by atoms with Crippen LogP contribution < -0.4 is 20.1 Å². The van der Waals surface area contributed by atoms with Crippen molar-refractivity contribution in [1.82, 2.24) is 0 Å². The molecule has 0 spiro atoms. The normalized spacial score (nSPS) is 10.2. The Morgan fingerprint density at radius 1 is 0.765 bits per heavy atom. The quantitative estimate of drug-likeness (QED) is 0.440. The fourth-order valence-corrected chi connectivity index (χ4v) is 3.01. The van der Waals surface area contributed by atoms with E-state index >= 15 is 0 Å². The summed E-state index contributed by atoms with van der Waals surface area (Å²) in [7, 11) is 1.55. The highest BCUT2D eigenvalue weighted by Gasteiger charge is 2.11. The van der Waals surface area contributed by atoms with Crippen LogP contribution in [0.5, 0.6) is 11.5 Å². The fourth-order valence-electron chi connectivity index (χ4n) is 3.01. The number of carbonyl (C=O) groups excluding carboxylic acids is 3. The van der Waals surface area contributed by atoms with Gasteiger partial charge in [0.2, 0.25) is 0 Å². The molecule has 8 nitrogen and oxygen atoms in total.